The number of aromatic nitrogens is 2. The van der Waals surface area contributed by atoms with Gasteiger partial charge in [0.15, 0.2) is 0 Å². The molecule has 0 aliphatic carbocycles. The zero-order valence-corrected chi connectivity index (χ0v) is 16.5. The van der Waals surface area contributed by atoms with Crippen LogP contribution in [0.2, 0.25) is 0 Å². The predicted molar refractivity (Wildman–Crippen MR) is 111 cm³/mol. The number of aryl methyl sites for hydroxylation is 1. The van der Waals surface area contributed by atoms with E-state index in [2.05, 4.69) is 11.0 Å². The highest BCUT2D eigenvalue weighted by molar-refractivity contribution is 6.21. The van der Waals surface area contributed by atoms with E-state index < -0.39 is 0 Å². The Balaban J connectivity index is 1.47. The number of rotatable bonds is 3. The van der Waals surface area contributed by atoms with Crippen LogP contribution in [0.1, 0.15) is 45.8 Å². The van der Waals surface area contributed by atoms with Crippen LogP contribution in [0.4, 0.5) is 5.69 Å². The van der Waals surface area contributed by atoms with Crippen molar-refractivity contribution in [3.05, 3.63) is 59.4 Å². The van der Waals surface area contributed by atoms with E-state index in [1.807, 2.05) is 30.8 Å². The van der Waals surface area contributed by atoms with Crippen molar-refractivity contribution < 1.29 is 9.59 Å². The van der Waals surface area contributed by atoms with Gasteiger partial charge in [-0.25, -0.2) is 4.98 Å². The van der Waals surface area contributed by atoms with E-state index >= 15 is 0 Å². The lowest BCUT2D eigenvalue weighted by atomic mass is 10.1. The van der Waals surface area contributed by atoms with Crippen molar-refractivity contribution in [3.63, 3.8) is 0 Å². The molecule has 2 atom stereocenters. The van der Waals surface area contributed by atoms with Crippen molar-refractivity contribution in [3.8, 4) is 0 Å². The van der Waals surface area contributed by atoms with Gasteiger partial charge < -0.3 is 15.2 Å². The average Bonchev–Trinajstić information content (AvgIpc) is 3.39. The number of carbonyl (C=O) groups excluding carboxylic acids is 2. The van der Waals surface area contributed by atoms with Crippen LogP contribution in [0, 0.1) is 0 Å². The summed E-state index contributed by atoms with van der Waals surface area (Å²) in [6.07, 6.45) is 2.72. The molecule has 2 amide bonds. The number of fused-ring (bicyclic) bond motifs is 2. The topological polar surface area (TPSA) is 84.5 Å². The summed E-state index contributed by atoms with van der Waals surface area (Å²) in [4.78, 5) is 34.1. The number of hydrogen-bond donors (Lipinski definition) is 1. The SMILES string of the molecule is C[C@H](N)c1nc2ccn(C)c2cc1N1CCC(N2C(=O)c3ccccc3C2=O)C1. The van der Waals surface area contributed by atoms with E-state index in [4.69, 9.17) is 10.7 Å². The van der Waals surface area contributed by atoms with Gasteiger partial charge in [0.25, 0.3) is 11.8 Å². The molecule has 0 radical (unpaired) electrons. The van der Waals surface area contributed by atoms with Crippen LogP contribution in [-0.2, 0) is 7.05 Å². The van der Waals surface area contributed by atoms with Gasteiger partial charge in [-0.3, -0.25) is 14.5 Å². The van der Waals surface area contributed by atoms with Gasteiger partial charge in [0.2, 0.25) is 0 Å². The molecule has 7 nitrogen and oxygen atoms in total. The molecule has 0 bridgehead atoms. The van der Waals surface area contributed by atoms with E-state index in [0.29, 0.717) is 17.7 Å². The molecule has 2 N–H and O–H groups in total. The fourth-order valence-electron chi connectivity index (χ4n) is 4.49. The fraction of sp³-hybridized carbons (Fsp3) is 0.318. The standard InChI is InChI=1S/C22H23N5O2/c1-13(23)20-19(11-18-17(24-20)8-9-25(18)2)26-10-7-14(12-26)27-21(28)15-5-3-4-6-16(15)22(27)29/h3-6,8-9,11,13-14H,7,10,12,23H2,1-2H3/t13-,14?/m0/s1. The van der Waals surface area contributed by atoms with Crippen LogP contribution in [0.15, 0.2) is 42.6 Å². The Bertz CT molecular complexity index is 1110. The Morgan fingerprint density at radius 3 is 2.48 bits per heavy atom. The third kappa shape index (κ3) is 2.65. The quantitative estimate of drug-likeness (QED) is 0.696. The monoisotopic (exact) mass is 389 g/mol. The summed E-state index contributed by atoms with van der Waals surface area (Å²) in [6, 6.07) is 10.8. The minimum atomic E-state index is -0.215. The molecular formula is C22H23N5O2. The highest BCUT2D eigenvalue weighted by Crippen LogP contribution is 2.34. The number of hydrogen-bond acceptors (Lipinski definition) is 5. The molecule has 5 rings (SSSR count). The molecule has 29 heavy (non-hydrogen) atoms. The van der Waals surface area contributed by atoms with Crippen LogP contribution in [0.5, 0.6) is 0 Å². The van der Waals surface area contributed by atoms with E-state index in [1.54, 1.807) is 24.3 Å². The summed E-state index contributed by atoms with van der Waals surface area (Å²) in [5, 5.41) is 0. The first-order valence-electron chi connectivity index (χ1n) is 9.89. The van der Waals surface area contributed by atoms with Crippen LogP contribution in [0.25, 0.3) is 11.0 Å². The highest BCUT2D eigenvalue weighted by Gasteiger charge is 2.42. The molecular weight excluding hydrogens is 366 g/mol. The van der Waals surface area contributed by atoms with Crippen LogP contribution >= 0.6 is 0 Å². The molecule has 1 fully saturated rings. The van der Waals surface area contributed by atoms with Crippen molar-refractivity contribution in [1.82, 2.24) is 14.5 Å². The predicted octanol–water partition coefficient (Wildman–Crippen LogP) is 2.47. The maximum atomic E-state index is 12.8. The van der Waals surface area contributed by atoms with Gasteiger partial charge in [0.1, 0.15) is 0 Å². The lowest BCUT2D eigenvalue weighted by Crippen LogP contribution is -2.41. The zero-order valence-electron chi connectivity index (χ0n) is 16.5. The first-order chi connectivity index (χ1) is 14.0. The Labute approximate surface area is 168 Å². The number of benzene rings is 1. The third-order valence-corrected chi connectivity index (χ3v) is 6.00. The van der Waals surface area contributed by atoms with E-state index in [0.717, 1.165) is 35.4 Å². The second-order valence-electron chi connectivity index (χ2n) is 7.93. The maximum absolute atomic E-state index is 12.8. The number of nitrogens with two attached hydrogens (primary N) is 1. The molecule has 1 saturated heterocycles. The van der Waals surface area contributed by atoms with Gasteiger partial charge in [-0.05, 0) is 37.6 Å². The third-order valence-electron chi connectivity index (χ3n) is 6.00. The van der Waals surface area contributed by atoms with Gasteiger partial charge in [0.05, 0.1) is 39.6 Å². The van der Waals surface area contributed by atoms with Gasteiger partial charge in [0, 0.05) is 32.4 Å². The first kappa shape index (κ1) is 17.9. The number of pyridine rings is 1. The minimum absolute atomic E-state index is 0.160. The molecule has 1 unspecified atom stereocenters. The molecule has 2 aromatic heterocycles. The van der Waals surface area contributed by atoms with Crippen molar-refractivity contribution in [2.45, 2.75) is 25.4 Å². The molecule has 148 valence electrons. The Kier molecular flexibility index (Phi) is 3.96. The minimum Gasteiger partial charge on any atom is -0.368 e. The van der Waals surface area contributed by atoms with E-state index in [1.165, 1.54) is 4.90 Å². The van der Waals surface area contributed by atoms with Crippen LogP contribution < -0.4 is 10.6 Å². The van der Waals surface area contributed by atoms with Crippen LogP contribution in [-0.4, -0.2) is 45.4 Å². The van der Waals surface area contributed by atoms with E-state index in [9.17, 15) is 9.59 Å². The summed E-state index contributed by atoms with van der Waals surface area (Å²) in [5.41, 5.74) is 11.0. The summed E-state index contributed by atoms with van der Waals surface area (Å²) < 4.78 is 2.04. The molecule has 4 heterocycles. The zero-order chi connectivity index (χ0) is 20.3. The highest BCUT2D eigenvalue weighted by atomic mass is 16.2. The largest absolute Gasteiger partial charge is 0.368 e. The summed E-state index contributed by atoms with van der Waals surface area (Å²) in [5.74, 6) is -0.387. The van der Waals surface area contributed by atoms with Gasteiger partial charge in [-0.15, -0.1) is 0 Å². The molecule has 1 aromatic carbocycles. The maximum Gasteiger partial charge on any atom is 0.261 e. The number of carbonyl (C=O) groups is 2. The molecule has 3 aromatic rings. The summed E-state index contributed by atoms with van der Waals surface area (Å²) in [6.45, 7) is 3.26. The number of imide groups is 1. The van der Waals surface area contributed by atoms with Crippen molar-refractivity contribution in [1.29, 1.82) is 0 Å². The lowest BCUT2D eigenvalue weighted by molar-refractivity contribution is 0.0598. The molecule has 7 heteroatoms. The molecule has 0 saturated carbocycles. The smallest absolute Gasteiger partial charge is 0.261 e. The Hall–Kier alpha value is -3.19. The van der Waals surface area contributed by atoms with E-state index in [-0.39, 0.29) is 23.9 Å². The molecule has 0 spiro atoms. The molecule has 2 aliphatic rings. The number of nitrogens with zero attached hydrogens (tertiary/aromatic N) is 4. The van der Waals surface area contributed by atoms with Crippen molar-refractivity contribution >= 4 is 28.5 Å². The van der Waals surface area contributed by atoms with Crippen molar-refractivity contribution in [2.75, 3.05) is 18.0 Å². The molecule has 2 aliphatic heterocycles. The Morgan fingerprint density at radius 1 is 1.14 bits per heavy atom. The first-order valence-corrected chi connectivity index (χ1v) is 9.89. The number of amides is 2. The lowest BCUT2D eigenvalue weighted by Gasteiger charge is -2.25. The van der Waals surface area contributed by atoms with Crippen molar-refractivity contribution in [2.24, 2.45) is 12.8 Å². The van der Waals surface area contributed by atoms with Gasteiger partial charge in [-0.2, -0.15) is 0 Å². The average molecular weight is 389 g/mol. The summed E-state index contributed by atoms with van der Waals surface area (Å²) >= 11 is 0. The van der Waals surface area contributed by atoms with Crippen LogP contribution in [0.3, 0.4) is 0 Å². The Morgan fingerprint density at radius 2 is 1.83 bits per heavy atom. The second-order valence-corrected chi connectivity index (χ2v) is 7.93. The summed E-state index contributed by atoms with van der Waals surface area (Å²) in [7, 11) is 1.99. The fourth-order valence-corrected chi connectivity index (χ4v) is 4.49. The number of anilines is 1. The normalized spacial score (nSPS) is 20.0. The second kappa shape index (κ2) is 6.42. The van der Waals surface area contributed by atoms with Gasteiger partial charge in [-0.1, -0.05) is 12.1 Å². The van der Waals surface area contributed by atoms with Gasteiger partial charge >= 0.3 is 0 Å².